The van der Waals surface area contributed by atoms with Gasteiger partial charge in [0.05, 0.1) is 42.2 Å². The van der Waals surface area contributed by atoms with E-state index in [0.29, 0.717) is 4.90 Å². The lowest BCUT2D eigenvalue weighted by molar-refractivity contribution is -0.445. The van der Waals surface area contributed by atoms with Crippen LogP contribution in [0.2, 0.25) is 0 Å². The van der Waals surface area contributed by atoms with Gasteiger partial charge in [0, 0.05) is 17.1 Å². The quantitative estimate of drug-likeness (QED) is 0.247. The smallest absolute Gasteiger partial charge is 0.248 e. The number of hydrogen-bond acceptors (Lipinski definition) is 9. The Labute approximate surface area is 168 Å². The van der Waals surface area contributed by atoms with E-state index in [0.717, 1.165) is 38.1 Å². The summed E-state index contributed by atoms with van der Waals surface area (Å²) >= 11 is 0.908. The van der Waals surface area contributed by atoms with Crippen molar-refractivity contribution < 1.29 is 32.5 Å². The van der Waals surface area contributed by atoms with Gasteiger partial charge in [-0.1, -0.05) is 6.08 Å². The predicted molar refractivity (Wildman–Crippen MR) is 102 cm³/mol. The van der Waals surface area contributed by atoms with Crippen LogP contribution in [0.3, 0.4) is 0 Å². The highest BCUT2D eigenvalue weighted by atomic mass is 32.2. The summed E-state index contributed by atoms with van der Waals surface area (Å²) in [6.45, 7) is 3.26. The molecule has 9 nitrogen and oxygen atoms in total. The second-order valence-corrected chi connectivity index (χ2v) is 8.64. The number of amidine groups is 1. The van der Waals surface area contributed by atoms with Crippen molar-refractivity contribution in [1.29, 1.82) is 0 Å². The van der Waals surface area contributed by atoms with E-state index in [1.165, 1.54) is 49.3 Å². The fourth-order valence-electron chi connectivity index (χ4n) is 2.51. The monoisotopic (exact) mass is 429 g/mol. The van der Waals surface area contributed by atoms with E-state index in [9.17, 15) is 18.3 Å². The van der Waals surface area contributed by atoms with Gasteiger partial charge in [0.25, 0.3) is 0 Å². The molecule has 0 amide bonds. The molecule has 1 aromatic rings. The molecular formula is C17H23N3O6S2. The van der Waals surface area contributed by atoms with Crippen LogP contribution in [0.25, 0.3) is 0 Å². The highest BCUT2D eigenvalue weighted by molar-refractivity contribution is 7.94. The van der Waals surface area contributed by atoms with Crippen molar-refractivity contribution in [3.05, 3.63) is 36.0 Å². The summed E-state index contributed by atoms with van der Waals surface area (Å²) < 4.78 is 27.5. The first-order chi connectivity index (χ1) is 13.4. The Balaban J connectivity index is 0.000000218. The van der Waals surface area contributed by atoms with Gasteiger partial charge in [-0.15, -0.1) is 0 Å². The van der Waals surface area contributed by atoms with Crippen LogP contribution in [0.5, 0.6) is 0 Å². The number of hydrogen-bond donors (Lipinski definition) is 3. The average Bonchev–Trinajstić information content (AvgIpc) is 3.34. The summed E-state index contributed by atoms with van der Waals surface area (Å²) in [5.41, 5.74) is 1.36. The van der Waals surface area contributed by atoms with E-state index < -0.39 is 21.6 Å². The Kier molecular flexibility index (Phi) is 8.77. The topological polar surface area (TPSA) is 131 Å². The van der Waals surface area contributed by atoms with Gasteiger partial charge in [-0.05, 0) is 30.7 Å². The predicted octanol–water partition coefficient (Wildman–Crippen LogP) is -1.87. The van der Waals surface area contributed by atoms with Crippen molar-refractivity contribution in [1.82, 2.24) is 10.6 Å². The molecule has 0 aromatic heterocycles. The molecule has 154 valence electrons. The van der Waals surface area contributed by atoms with E-state index in [1.807, 2.05) is 0 Å². The first kappa shape index (κ1) is 22.2. The zero-order valence-electron chi connectivity index (χ0n) is 15.4. The number of carboxylic acids is 1. The molecule has 0 fully saturated rings. The molecule has 2 aliphatic heterocycles. The number of aliphatic carboxylic acids is 1. The molecule has 2 aliphatic rings. The number of carboxylic acid groups (broad SMARTS) is 1. The van der Waals surface area contributed by atoms with E-state index in [-0.39, 0.29) is 4.90 Å². The Bertz CT molecular complexity index is 800. The molecule has 0 bridgehead atoms. The van der Waals surface area contributed by atoms with Crippen LogP contribution in [0.4, 0.5) is 0 Å². The summed E-state index contributed by atoms with van der Waals surface area (Å²) in [6, 6.07) is 5.54. The highest BCUT2D eigenvalue weighted by Crippen LogP contribution is 2.21. The number of benzene rings is 1. The number of sulfone groups is 1. The van der Waals surface area contributed by atoms with Crippen molar-refractivity contribution in [3.63, 3.8) is 0 Å². The minimum atomic E-state index is -3.84. The van der Waals surface area contributed by atoms with Crippen LogP contribution in [-0.4, -0.2) is 52.7 Å². The second-order valence-electron chi connectivity index (χ2n) is 5.87. The van der Waals surface area contributed by atoms with Gasteiger partial charge >= 0.3 is 0 Å². The van der Waals surface area contributed by atoms with Gasteiger partial charge in [0.1, 0.15) is 13.1 Å². The van der Waals surface area contributed by atoms with Gasteiger partial charge in [-0.25, -0.2) is 13.3 Å². The molecule has 11 heteroatoms. The molecule has 3 N–H and O–H groups in total. The standard InChI is InChI=1S/C9H10O6S2.C8H13N3/c1-14-15-16-7-2-4-8(5-3-7)17(12,13)6-9(10)11;1-2-7(9-3-1)6-8-10-4-5-11-8/h2-5H,6H2,1H3,(H,10,11);2,9H,1,3-6H2,(H,10,11). The zero-order chi connectivity index (χ0) is 20.4. The van der Waals surface area contributed by atoms with E-state index in [4.69, 9.17) is 0 Å². The average molecular weight is 430 g/mol. The van der Waals surface area contributed by atoms with Crippen molar-refractivity contribution in [2.24, 2.45) is 0 Å². The first-order valence-corrected chi connectivity index (χ1v) is 11.0. The zero-order valence-corrected chi connectivity index (χ0v) is 17.0. The van der Waals surface area contributed by atoms with Gasteiger partial charge in [-0.3, -0.25) is 10.3 Å². The maximum absolute atomic E-state index is 11.5. The van der Waals surface area contributed by atoms with Crippen LogP contribution in [-0.2, 0) is 23.9 Å². The molecule has 0 radical (unpaired) electrons. The molecule has 0 aliphatic carbocycles. The third-order valence-electron chi connectivity index (χ3n) is 3.75. The number of carbonyl (C=O) groups excluding carboxylic acids is 1. The maximum atomic E-state index is 11.5. The lowest BCUT2D eigenvalue weighted by Crippen LogP contribution is -2.70. The van der Waals surface area contributed by atoms with Gasteiger partial charge in [0.15, 0.2) is 9.84 Å². The van der Waals surface area contributed by atoms with Gasteiger partial charge < -0.3 is 15.2 Å². The van der Waals surface area contributed by atoms with Crippen LogP contribution < -0.4 is 20.7 Å². The van der Waals surface area contributed by atoms with Crippen molar-refractivity contribution in [3.8, 4) is 0 Å². The third kappa shape index (κ3) is 7.50. The number of nitrogens with one attached hydrogen (secondary N) is 3. The number of carbonyl (C=O) groups is 1. The lowest BCUT2D eigenvalue weighted by atomic mass is 10.3. The second kappa shape index (κ2) is 11.1. The molecule has 2 heterocycles. The van der Waals surface area contributed by atoms with E-state index in [2.05, 4.69) is 30.9 Å². The molecule has 0 spiro atoms. The Morgan fingerprint density at radius 2 is 2.00 bits per heavy atom. The summed E-state index contributed by atoms with van der Waals surface area (Å²) in [4.78, 5) is 18.5. The lowest BCUT2D eigenvalue weighted by Gasteiger charge is -2.05. The molecule has 0 atom stereocenters. The SMILES string of the molecule is C1=C(CC2=[NH+]CCN2)NCC1.COOSc1ccc(S(=O)(=O)CC(=O)[O-])cc1. The summed E-state index contributed by atoms with van der Waals surface area (Å²) in [5.74, 6) is -1.40. The van der Waals surface area contributed by atoms with Crippen LogP contribution >= 0.6 is 12.0 Å². The van der Waals surface area contributed by atoms with Gasteiger partial charge in [-0.2, -0.15) is 4.33 Å². The Morgan fingerprint density at radius 1 is 1.25 bits per heavy atom. The number of rotatable bonds is 8. The molecule has 1 aromatic carbocycles. The molecule has 0 unspecified atom stereocenters. The fraction of sp³-hybridized carbons (Fsp3) is 0.412. The molecular weight excluding hydrogens is 406 g/mol. The Hall–Kier alpha value is -2.08. The van der Waals surface area contributed by atoms with E-state index in [1.54, 1.807) is 0 Å². The maximum Gasteiger partial charge on any atom is 0.248 e. The summed E-state index contributed by atoms with van der Waals surface area (Å²) in [7, 11) is -2.50. The largest absolute Gasteiger partial charge is 0.549 e. The minimum Gasteiger partial charge on any atom is -0.549 e. The van der Waals surface area contributed by atoms with Crippen LogP contribution in [0.15, 0.2) is 45.8 Å². The third-order valence-corrected chi connectivity index (χ3v) is 6.02. The van der Waals surface area contributed by atoms with Gasteiger partial charge in [0.2, 0.25) is 5.84 Å². The molecule has 0 saturated carbocycles. The fourth-order valence-corrected chi connectivity index (χ4v) is 3.93. The van der Waals surface area contributed by atoms with E-state index >= 15 is 0 Å². The molecule has 28 heavy (non-hydrogen) atoms. The molecule has 3 rings (SSSR count). The summed E-state index contributed by atoms with van der Waals surface area (Å²) in [6.07, 6.45) is 4.48. The van der Waals surface area contributed by atoms with Crippen LogP contribution in [0.1, 0.15) is 12.8 Å². The normalized spacial score (nSPS) is 15.6. The van der Waals surface area contributed by atoms with Crippen LogP contribution in [0, 0.1) is 0 Å². The van der Waals surface area contributed by atoms with Crippen molar-refractivity contribution in [2.75, 3.05) is 32.5 Å². The van der Waals surface area contributed by atoms with Crippen molar-refractivity contribution in [2.45, 2.75) is 22.6 Å². The minimum absolute atomic E-state index is 0.0801. The highest BCUT2D eigenvalue weighted by Gasteiger charge is 2.15. The first-order valence-electron chi connectivity index (χ1n) is 8.57. The summed E-state index contributed by atoms with van der Waals surface area (Å²) in [5, 5.41) is 16.9. The van der Waals surface area contributed by atoms with Crippen molar-refractivity contribution >= 4 is 33.7 Å². The molecule has 0 saturated heterocycles. The Morgan fingerprint density at radius 3 is 2.54 bits per heavy atom.